The molecule has 2 heterocycles. The molecule has 0 fully saturated rings. The Bertz CT molecular complexity index is 1180. The molecule has 0 amide bonds. The van der Waals surface area contributed by atoms with E-state index in [0.717, 1.165) is 17.3 Å². The summed E-state index contributed by atoms with van der Waals surface area (Å²) in [7, 11) is 2.03. The van der Waals surface area contributed by atoms with Gasteiger partial charge in [-0.25, -0.2) is 0 Å². The van der Waals surface area contributed by atoms with Gasteiger partial charge in [-0.15, -0.1) is 0 Å². The summed E-state index contributed by atoms with van der Waals surface area (Å²) in [6.07, 6.45) is 2.20. The fourth-order valence-corrected chi connectivity index (χ4v) is 5.02. The van der Waals surface area contributed by atoms with Crippen molar-refractivity contribution in [2.75, 3.05) is 30.0 Å². The number of anilines is 2. The number of benzene rings is 3. The molecule has 158 valence electrons. The van der Waals surface area contributed by atoms with Crippen molar-refractivity contribution in [2.24, 2.45) is 0 Å². The van der Waals surface area contributed by atoms with Gasteiger partial charge in [0.25, 0.3) is 6.47 Å². The minimum atomic E-state index is -0.177. The van der Waals surface area contributed by atoms with Crippen molar-refractivity contribution < 1.29 is 14.3 Å². The van der Waals surface area contributed by atoms with Crippen molar-refractivity contribution in [1.82, 2.24) is 0 Å². The molecule has 0 bridgehead atoms. The summed E-state index contributed by atoms with van der Waals surface area (Å²) in [4.78, 5) is 15.2. The van der Waals surface area contributed by atoms with Crippen molar-refractivity contribution >= 4 is 28.6 Å². The molecular weight excluding hydrogens is 388 g/mol. The van der Waals surface area contributed by atoms with E-state index in [2.05, 4.69) is 72.2 Å². The van der Waals surface area contributed by atoms with Crippen LogP contribution < -0.4 is 14.5 Å². The molecule has 1 unspecified atom stereocenters. The maximum absolute atomic E-state index is 10.8. The summed E-state index contributed by atoms with van der Waals surface area (Å²) in [5.41, 5.74) is 3.38. The number of carbonyl (C=O) groups excluding carboxylic acids is 1. The number of carbonyl (C=O) groups is 1. The first-order chi connectivity index (χ1) is 15.0. The van der Waals surface area contributed by atoms with E-state index in [1.54, 1.807) is 0 Å². The number of rotatable bonds is 5. The van der Waals surface area contributed by atoms with Gasteiger partial charge in [0.1, 0.15) is 6.61 Å². The summed E-state index contributed by atoms with van der Waals surface area (Å²) < 4.78 is 11.3. The number of fused-ring (bicyclic) bond motifs is 4. The van der Waals surface area contributed by atoms with Crippen LogP contribution in [0.1, 0.15) is 19.4 Å². The highest BCUT2D eigenvalue weighted by Gasteiger charge is 2.45. The Balaban J connectivity index is 1.61. The molecule has 5 heteroatoms. The van der Waals surface area contributed by atoms with Gasteiger partial charge < -0.3 is 19.3 Å². The quantitative estimate of drug-likeness (QED) is 0.441. The van der Waals surface area contributed by atoms with Crippen LogP contribution in [0.15, 0.2) is 72.6 Å². The van der Waals surface area contributed by atoms with Gasteiger partial charge in [-0.2, -0.15) is 0 Å². The number of para-hydroxylation sites is 2. The van der Waals surface area contributed by atoms with Gasteiger partial charge in [-0.05, 0) is 40.6 Å². The summed E-state index contributed by atoms with van der Waals surface area (Å²) in [6, 6.07) is 21.0. The molecule has 2 aliphatic heterocycles. The fourth-order valence-electron chi connectivity index (χ4n) is 5.02. The molecule has 0 aromatic heterocycles. The molecule has 2 aliphatic rings. The van der Waals surface area contributed by atoms with Crippen LogP contribution in [0.2, 0.25) is 0 Å². The van der Waals surface area contributed by atoms with E-state index in [0.29, 0.717) is 19.6 Å². The van der Waals surface area contributed by atoms with E-state index in [-0.39, 0.29) is 11.5 Å². The van der Waals surface area contributed by atoms with Gasteiger partial charge in [0.15, 0.2) is 11.6 Å². The standard InChI is InChI=1S/C26H26N2O3/c1-26(2)23(16-24-27(3)20-10-6-7-11-22(20)31-24)28(14-15-30-17-29)21-13-12-18-8-4-5-9-19(18)25(21)26/h4-13,16-17,23H,14-15H2,1-3H3. The third-order valence-electron chi connectivity index (χ3n) is 6.53. The lowest BCUT2D eigenvalue weighted by Crippen LogP contribution is -2.42. The monoisotopic (exact) mass is 414 g/mol. The largest absolute Gasteiger partial charge is 0.466 e. The second-order valence-electron chi connectivity index (χ2n) is 8.64. The first-order valence-corrected chi connectivity index (χ1v) is 10.6. The molecule has 0 saturated carbocycles. The van der Waals surface area contributed by atoms with Crippen molar-refractivity contribution in [3.8, 4) is 5.75 Å². The van der Waals surface area contributed by atoms with Crippen molar-refractivity contribution in [2.45, 2.75) is 25.3 Å². The van der Waals surface area contributed by atoms with Crippen LogP contribution in [-0.2, 0) is 14.9 Å². The van der Waals surface area contributed by atoms with E-state index >= 15 is 0 Å². The first kappa shape index (κ1) is 19.5. The van der Waals surface area contributed by atoms with E-state index in [1.165, 1.54) is 22.0 Å². The van der Waals surface area contributed by atoms with E-state index in [1.807, 2.05) is 25.2 Å². The Morgan fingerprint density at radius 3 is 2.61 bits per heavy atom. The molecule has 1 atom stereocenters. The molecule has 5 nitrogen and oxygen atoms in total. The van der Waals surface area contributed by atoms with E-state index in [9.17, 15) is 4.79 Å². The maximum atomic E-state index is 10.8. The fraction of sp³-hybridized carbons (Fsp3) is 0.269. The van der Waals surface area contributed by atoms with Crippen LogP contribution in [0.3, 0.4) is 0 Å². The van der Waals surface area contributed by atoms with Gasteiger partial charge in [0.05, 0.1) is 18.3 Å². The summed E-state index contributed by atoms with van der Waals surface area (Å²) in [5.74, 6) is 1.68. The first-order valence-electron chi connectivity index (χ1n) is 10.6. The predicted molar refractivity (Wildman–Crippen MR) is 124 cm³/mol. The Labute approximate surface area is 182 Å². The Morgan fingerprint density at radius 2 is 1.81 bits per heavy atom. The minimum Gasteiger partial charge on any atom is -0.466 e. The molecule has 0 saturated heterocycles. The molecule has 3 aromatic rings. The van der Waals surface area contributed by atoms with Crippen LogP contribution >= 0.6 is 0 Å². The van der Waals surface area contributed by atoms with Gasteiger partial charge in [-0.3, -0.25) is 4.79 Å². The summed E-state index contributed by atoms with van der Waals surface area (Å²) in [5, 5.41) is 2.49. The highest BCUT2D eigenvalue weighted by atomic mass is 16.5. The lowest BCUT2D eigenvalue weighted by atomic mass is 9.78. The Kier molecular flexibility index (Phi) is 4.62. The summed E-state index contributed by atoms with van der Waals surface area (Å²) in [6.45, 7) is 6.02. The highest BCUT2D eigenvalue weighted by molar-refractivity contribution is 5.93. The van der Waals surface area contributed by atoms with Crippen molar-refractivity contribution in [3.63, 3.8) is 0 Å². The number of ether oxygens (including phenoxy) is 2. The SMILES string of the molecule is CN1C(=CC2N(CCOC=O)c3ccc4ccccc4c3C2(C)C)Oc2ccccc21. The maximum Gasteiger partial charge on any atom is 0.293 e. The molecule has 0 radical (unpaired) electrons. The third kappa shape index (κ3) is 3.03. The number of nitrogens with zero attached hydrogens (tertiary/aromatic N) is 2. The zero-order chi connectivity index (χ0) is 21.6. The highest BCUT2D eigenvalue weighted by Crippen LogP contribution is 2.50. The second kappa shape index (κ2) is 7.34. The van der Waals surface area contributed by atoms with Gasteiger partial charge >= 0.3 is 0 Å². The molecule has 0 N–H and O–H groups in total. The van der Waals surface area contributed by atoms with Crippen LogP contribution in [-0.4, -0.2) is 32.7 Å². The van der Waals surface area contributed by atoms with Gasteiger partial charge in [0, 0.05) is 18.2 Å². The van der Waals surface area contributed by atoms with E-state index in [4.69, 9.17) is 9.47 Å². The lowest BCUT2D eigenvalue weighted by molar-refractivity contribution is -0.128. The number of hydrogen-bond acceptors (Lipinski definition) is 5. The Morgan fingerprint density at radius 1 is 1.03 bits per heavy atom. The normalized spacial score (nSPS) is 20.0. The van der Waals surface area contributed by atoms with Crippen molar-refractivity contribution in [1.29, 1.82) is 0 Å². The van der Waals surface area contributed by atoms with Crippen LogP contribution in [0.4, 0.5) is 11.4 Å². The molecule has 31 heavy (non-hydrogen) atoms. The number of hydrogen-bond donors (Lipinski definition) is 0. The van der Waals surface area contributed by atoms with E-state index < -0.39 is 0 Å². The molecular formula is C26H26N2O3. The van der Waals surface area contributed by atoms with Gasteiger partial charge in [0.2, 0.25) is 0 Å². The zero-order valence-corrected chi connectivity index (χ0v) is 18.0. The molecule has 5 rings (SSSR count). The molecule has 0 aliphatic carbocycles. The molecule has 3 aromatic carbocycles. The molecule has 0 spiro atoms. The zero-order valence-electron chi connectivity index (χ0n) is 18.0. The minimum absolute atomic E-state index is 0.0373. The van der Waals surface area contributed by atoms with Gasteiger partial charge in [-0.1, -0.05) is 56.3 Å². The van der Waals surface area contributed by atoms with Crippen LogP contribution in [0.5, 0.6) is 5.75 Å². The summed E-state index contributed by atoms with van der Waals surface area (Å²) >= 11 is 0. The lowest BCUT2D eigenvalue weighted by Gasteiger charge is -2.33. The van der Waals surface area contributed by atoms with Crippen LogP contribution in [0, 0.1) is 0 Å². The second-order valence-corrected chi connectivity index (χ2v) is 8.64. The Hall–Kier alpha value is -3.47. The van der Waals surface area contributed by atoms with Crippen LogP contribution in [0.25, 0.3) is 10.8 Å². The van der Waals surface area contributed by atoms with Crippen molar-refractivity contribution in [3.05, 3.63) is 78.2 Å². The smallest absolute Gasteiger partial charge is 0.293 e. The third-order valence-corrected chi connectivity index (χ3v) is 6.53. The topological polar surface area (TPSA) is 42.0 Å². The predicted octanol–water partition coefficient (Wildman–Crippen LogP) is 4.85. The average molecular weight is 415 g/mol. The average Bonchev–Trinajstić information content (AvgIpc) is 3.20.